The maximum Gasteiger partial charge on any atom is 0.335 e. The second kappa shape index (κ2) is 9.54. The Labute approximate surface area is 190 Å². The van der Waals surface area contributed by atoms with Gasteiger partial charge < -0.3 is 20.1 Å². The van der Waals surface area contributed by atoms with Crippen LogP contribution in [0.2, 0.25) is 0 Å². The molecule has 4 rings (SSSR count). The van der Waals surface area contributed by atoms with Crippen LogP contribution >= 0.6 is 0 Å². The summed E-state index contributed by atoms with van der Waals surface area (Å²) in [4.78, 5) is 21.8. The molecule has 0 spiro atoms. The van der Waals surface area contributed by atoms with E-state index >= 15 is 0 Å². The third-order valence-corrected chi connectivity index (χ3v) is 5.40. The molecule has 8 heteroatoms. The number of fused-ring (bicyclic) bond motifs is 1. The van der Waals surface area contributed by atoms with E-state index in [-0.39, 0.29) is 17.9 Å². The van der Waals surface area contributed by atoms with Crippen molar-refractivity contribution in [2.24, 2.45) is 5.73 Å². The molecular weight excluding hydrogens is 422 g/mol. The number of nitro benzene ring substituents is 1. The van der Waals surface area contributed by atoms with E-state index in [0.717, 1.165) is 22.0 Å². The van der Waals surface area contributed by atoms with Gasteiger partial charge in [0.2, 0.25) is 0 Å². The lowest BCUT2D eigenvalue weighted by Crippen LogP contribution is -2.03. The van der Waals surface area contributed by atoms with Crippen molar-refractivity contribution in [3.8, 4) is 5.75 Å². The van der Waals surface area contributed by atoms with Gasteiger partial charge in [0, 0.05) is 35.8 Å². The van der Waals surface area contributed by atoms with E-state index in [4.69, 9.17) is 10.5 Å². The zero-order valence-electron chi connectivity index (χ0n) is 17.8. The highest BCUT2D eigenvalue weighted by Gasteiger charge is 2.12. The van der Waals surface area contributed by atoms with Gasteiger partial charge in [-0.2, -0.15) is 0 Å². The number of benzene rings is 3. The molecule has 0 unspecified atom stereocenters. The van der Waals surface area contributed by atoms with Gasteiger partial charge in [-0.15, -0.1) is 0 Å². The predicted molar refractivity (Wildman–Crippen MR) is 125 cm³/mol. The number of ether oxygens (including phenoxy) is 1. The smallest absolute Gasteiger partial charge is 0.335 e. The summed E-state index contributed by atoms with van der Waals surface area (Å²) in [7, 11) is 0. The van der Waals surface area contributed by atoms with Crippen LogP contribution in [-0.2, 0) is 19.6 Å². The third kappa shape index (κ3) is 5.02. The van der Waals surface area contributed by atoms with Gasteiger partial charge in [0.1, 0.15) is 12.4 Å². The zero-order chi connectivity index (χ0) is 23.4. The van der Waals surface area contributed by atoms with Gasteiger partial charge in [0.05, 0.1) is 10.5 Å². The van der Waals surface area contributed by atoms with Crippen molar-refractivity contribution in [2.45, 2.75) is 19.6 Å². The summed E-state index contributed by atoms with van der Waals surface area (Å²) in [6.45, 7) is 1.23. The molecule has 0 amide bonds. The average molecular weight is 445 g/mol. The first-order chi connectivity index (χ1) is 15.9. The van der Waals surface area contributed by atoms with E-state index < -0.39 is 10.9 Å². The lowest BCUT2D eigenvalue weighted by atomic mass is 10.1. The van der Waals surface area contributed by atoms with Gasteiger partial charge >= 0.3 is 5.97 Å². The van der Waals surface area contributed by atoms with Crippen LogP contribution in [0.15, 0.2) is 72.9 Å². The fourth-order valence-electron chi connectivity index (χ4n) is 3.85. The molecule has 168 valence electrons. The van der Waals surface area contributed by atoms with Gasteiger partial charge in [-0.25, -0.2) is 4.79 Å². The molecule has 0 saturated carbocycles. The number of rotatable bonds is 9. The second-order valence-corrected chi connectivity index (χ2v) is 7.72. The Morgan fingerprint density at radius 2 is 1.85 bits per heavy atom. The fraction of sp³-hybridized carbons (Fsp3) is 0.160. The predicted octanol–water partition coefficient (Wildman–Crippen LogP) is 4.38. The first-order valence-electron chi connectivity index (χ1n) is 10.4. The Kier molecular flexibility index (Phi) is 6.37. The summed E-state index contributed by atoms with van der Waals surface area (Å²) in [5, 5.41) is 21.2. The number of aromatic carboxylic acids is 1. The number of carbonyl (C=O) groups is 1. The Hall–Kier alpha value is -4.17. The van der Waals surface area contributed by atoms with Crippen molar-refractivity contribution in [3.63, 3.8) is 0 Å². The van der Waals surface area contributed by atoms with Gasteiger partial charge in [-0.05, 0) is 60.0 Å². The third-order valence-electron chi connectivity index (χ3n) is 5.40. The Balaban J connectivity index is 1.60. The fourth-order valence-corrected chi connectivity index (χ4v) is 3.85. The van der Waals surface area contributed by atoms with Gasteiger partial charge in [-0.3, -0.25) is 10.1 Å². The number of nitro groups is 1. The lowest BCUT2D eigenvalue weighted by molar-refractivity contribution is -0.384. The number of aromatic nitrogens is 1. The molecule has 1 heterocycles. The van der Waals surface area contributed by atoms with E-state index in [1.807, 2.05) is 30.5 Å². The molecule has 0 aliphatic rings. The molecular formula is C25H23N3O5. The molecule has 0 atom stereocenters. The topological polar surface area (TPSA) is 121 Å². The molecule has 1 aromatic heterocycles. The van der Waals surface area contributed by atoms with E-state index in [2.05, 4.69) is 4.57 Å². The van der Waals surface area contributed by atoms with E-state index in [9.17, 15) is 20.0 Å². The monoisotopic (exact) mass is 445 g/mol. The van der Waals surface area contributed by atoms with E-state index in [1.54, 1.807) is 30.3 Å². The summed E-state index contributed by atoms with van der Waals surface area (Å²) in [5.41, 5.74) is 9.75. The van der Waals surface area contributed by atoms with Crippen molar-refractivity contribution in [2.75, 3.05) is 6.54 Å². The maximum absolute atomic E-state index is 11.3. The van der Waals surface area contributed by atoms with Crippen LogP contribution in [0.3, 0.4) is 0 Å². The van der Waals surface area contributed by atoms with Crippen molar-refractivity contribution in [1.29, 1.82) is 0 Å². The van der Waals surface area contributed by atoms with Crippen LogP contribution in [0.4, 0.5) is 5.69 Å². The first-order valence-corrected chi connectivity index (χ1v) is 10.4. The Bertz CT molecular complexity index is 1330. The number of carboxylic acid groups (broad SMARTS) is 1. The SMILES string of the molecule is NCCc1cn(Cc2cccc(C(=O)O)c2)c2ccc(OCc3cccc([N+](=O)[O-])c3)cc12. The summed E-state index contributed by atoms with van der Waals surface area (Å²) in [6, 6.07) is 19.0. The summed E-state index contributed by atoms with van der Waals surface area (Å²) < 4.78 is 7.98. The number of nitrogens with zero attached hydrogens (tertiary/aromatic N) is 2. The van der Waals surface area contributed by atoms with Crippen LogP contribution in [0.1, 0.15) is 27.0 Å². The van der Waals surface area contributed by atoms with Crippen molar-refractivity contribution in [1.82, 2.24) is 4.57 Å². The minimum atomic E-state index is -0.955. The van der Waals surface area contributed by atoms with Crippen LogP contribution in [0.5, 0.6) is 5.75 Å². The lowest BCUT2D eigenvalue weighted by Gasteiger charge is -2.09. The molecule has 0 aliphatic carbocycles. The highest BCUT2D eigenvalue weighted by atomic mass is 16.6. The maximum atomic E-state index is 11.3. The van der Waals surface area contributed by atoms with Crippen LogP contribution in [0.25, 0.3) is 10.9 Å². The molecule has 4 aromatic rings. The van der Waals surface area contributed by atoms with Gasteiger partial charge in [-0.1, -0.05) is 24.3 Å². The molecule has 0 radical (unpaired) electrons. The first kappa shape index (κ1) is 22.0. The second-order valence-electron chi connectivity index (χ2n) is 7.72. The Morgan fingerprint density at radius 3 is 2.61 bits per heavy atom. The average Bonchev–Trinajstić information content (AvgIpc) is 3.14. The highest BCUT2D eigenvalue weighted by Crippen LogP contribution is 2.28. The molecule has 8 nitrogen and oxygen atoms in total. The van der Waals surface area contributed by atoms with Crippen molar-refractivity contribution < 1.29 is 19.6 Å². The van der Waals surface area contributed by atoms with Gasteiger partial charge in [0.25, 0.3) is 5.69 Å². The Morgan fingerprint density at radius 1 is 1.06 bits per heavy atom. The van der Waals surface area contributed by atoms with Crippen LogP contribution < -0.4 is 10.5 Å². The molecule has 0 aliphatic heterocycles. The number of nitrogens with two attached hydrogens (primary N) is 1. The van der Waals surface area contributed by atoms with E-state index in [1.165, 1.54) is 12.1 Å². The highest BCUT2D eigenvalue weighted by molar-refractivity contribution is 5.88. The molecule has 0 saturated heterocycles. The molecule has 3 N–H and O–H groups in total. The minimum absolute atomic E-state index is 0.0285. The van der Waals surface area contributed by atoms with Crippen molar-refractivity contribution >= 4 is 22.6 Å². The van der Waals surface area contributed by atoms with Crippen molar-refractivity contribution in [3.05, 3.63) is 105 Å². The number of non-ortho nitro benzene ring substituents is 1. The summed E-state index contributed by atoms with van der Waals surface area (Å²) >= 11 is 0. The largest absolute Gasteiger partial charge is 0.489 e. The number of hydrogen-bond donors (Lipinski definition) is 2. The summed E-state index contributed by atoms with van der Waals surface area (Å²) in [6.07, 6.45) is 2.72. The van der Waals surface area contributed by atoms with E-state index in [0.29, 0.717) is 30.8 Å². The normalized spacial score (nSPS) is 10.9. The van der Waals surface area contributed by atoms with Crippen LogP contribution in [-0.4, -0.2) is 27.1 Å². The quantitative estimate of drug-likeness (QED) is 0.291. The number of carboxylic acids is 1. The molecule has 33 heavy (non-hydrogen) atoms. The van der Waals surface area contributed by atoms with Crippen LogP contribution in [0, 0.1) is 10.1 Å². The molecule has 3 aromatic carbocycles. The minimum Gasteiger partial charge on any atom is -0.489 e. The molecule has 0 bridgehead atoms. The van der Waals surface area contributed by atoms with Gasteiger partial charge in [0.15, 0.2) is 0 Å². The standard InChI is InChI=1S/C25H23N3O5/c26-10-9-20-15-27(14-17-3-1-5-19(11-17)25(29)30)24-8-7-22(13-23(20)24)33-16-18-4-2-6-21(12-18)28(31)32/h1-8,11-13,15H,9-10,14,16,26H2,(H,29,30). The summed E-state index contributed by atoms with van der Waals surface area (Å²) in [5.74, 6) is -0.304. The number of hydrogen-bond acceptors (Lipinski definition) is 5. The zero-order valence-corrected chi connectivity index (χ0v) is 17.8. The molecule has 0 fully saturated rings.